The fourth-order valence-corrected chi connectivity index (χ4v) is 2.59. The van der Waals surface area contributed by atoms with Crippen molar-refractivity contribution in [1.82, 2.24) is 9.88 Å². The first-order valence-corrected chi connectivity index (χ1v) is 7.74. The normalized spacial score (nSPS) is 10.6. The molecule has 0 spiro atoms. The van der Waals surface area contributed by atoms with E-state index in [1.807, 2.05) is 42.6 Å². The summed E-state index contributed by atoms with van der Waals surface area (Å²) in [6, 6.07) is 15.3. The van der Waals surface area contributed by atoms with Gasteiger partial charge >= 0.3 is 0 Å². The number of nitrogens with one attached hydrogen (secondary N) is 1. The van der Waals surface area contributed by atoms with E-state index in [0.717, 1.165) is 16.5 Å². The molecule has 5 heteroatoms. The number of para-hydroxylation sites is 3. The summed E-state index contributed by atoms with van der Waals surface area (Å²) in [7, 11) is 3.35. The molecule has 1 amide bonds. The number of hydrogen-bond acceptors (Lipinski definition) is 3. The summed E-state index contributed by atoms with van der Waals surface area (Å²) in [6.07, 6.45) is 1.94. The van der Waals surface area contributed by atoms with Crippen molar-refractivity contribution in [3.8, 4) is 11.5 Å². The average molecular weight is 324 g/mol. The highest BCUT2D eigenvalue weighted by molar-refractivity contribution is 5.84. The topological polar surface area (TPSA) is 54.6 Å². The lowest BCUT2D eigenvalue weighted by atomic mass is 10.1. The van der Waals surface area contributed by atoms with Crippen LogP contribution in [0.4, 0.5) is 0 Å². The molecule has 0 fully saturated rings. The smallest absolute Gasteiger partial charge is 0.260 e. The van der Waals surface area contributed by atoms with Gasteiger partial charge in [0.2, 0.25) is 0 Å². The van der Waals surface area contributed by atoms with Crippen LogP contribution in [-0.4, -0.2) is 36.6 Å². The first-order chi connectivity index (χ1) is 11.7. The van der Waals surface area contributed by atoms with Crippen LogP contribution in [0.1, 0.15) is 5.56 Å². The molecule has 0 aliphatic heterocycles. The number of carbonyl (C=O) groups is 1. The Morgan fingerprint density at radius 3 is 2.58 bits per heavy atom. The van der Waals surface area contributed by atoms with E-state index in [1.54, 1.807) is 31.2 Å². The van der Waals surface area contributed by atoms with Crippen LogP contribution in [0.5, 0.6) is 11.5 Å². The monoisotopic (exact) mass is 324 g/mol. The van der Waals surface area contributed by atoms with Crippen molar-refractivity contribution in [3.63, 3.8) is 0 Å². The van der Waals surface area contributed by atoms with Crippen LogP contribution in [0.25, 0.3) is 10.9 Å². The van der Waals surface area contributed by atoms with Crippen molar-refractivity contribution in [2.75, 3.05) is 20.8 Å². The average Bonchev–Trinajstić information content (AvgIpc) is 3.03. The lowest BCUT2D eigenvalue weighted by molar-refractivity contribution is -0.132. The minimum absolute atomic E-state index is 0.0285. The summed E-state index contributed by atoms with van der Waals surface area (Å²) in [5, 5.41) is 1.13. The Balaban J connectivity index is 1.63. The Hall–Kier alpha value is -2.95. The molecule has 0 radical (unpaired) electrons. The van der Waals surface area contributed by atoms with Crippen LogP contribution in [-0.2, 0) is 11.3 Å². The molecule has 1 heterocycles. The SMILES string of the molecule is COc1ccccc1OCC(=O)N(C)Cc1c[nH]c2ccccc12. The Morgan fingerprint density at radius 2 is 1.79 bits per heavy atom. The highest BCUT2D eigenvalue weighted by Crippen LogP contribution is 2.25. The van der Waals surface area contributed by atoms with Gasteiger partial charge in [-0.05, 0) is 23.8 Å². The van der Waals surface area contributed by atoms with Crippen molar-refractivity contribution in [3.05, 3.63) is 60.3 Å². The zero-order valence-electron chi connectivity index (χ0n) is 13.8. The third-order valence-corrected chi connectivity index (χ3v) is 3.93. The van der Waals surface area contributed by atoms with Gasteiger partial charge in [-0.25, -0.2) is 0 Å². The summed E-state index contributed by atoms with van der Waals surface area (Å²) in [4.78, 5) is 17.2. The second-order valence-corrected chi connectivity index (χ2v) is 5.55. The van der Waals surface area contributed by atoms with Crippen LogP contribution >= 0.6 is 0 Å². The lowest BCUT2D eigenvalue weighted by Crippen LogP contribution is -2.30. The van der Waals surface area contributed by atoms with Gasteiger partial charge in [-0.15, -0.1) is 0 Å². The maximum atomic E-state index is 12.3. The summed E-state index contributed by atoms with van der Waals surface area (Å²) < 4.78 is 10.8. The maximum absolute atomic E-state index is 12.3. The highest BCUT2D eigenvalue weighted by Gasteiger charge is 2.13. The molecule has 0 unspecified atom stereocenters. The number of likely N-dealkylation sites (N-methyl/N-ethyl adjacent to an activating group) is 1. The Kier molecular flexibility index (Phi) is 4.70. The number of fused-ring (bicyclic) bond motifs is 1. The zero-order chi connectivity index (χ0) is 16.9. The van der Waals surface area contributed by atoms with E-state index in [9.17, 15) is 4.79 Å². The summed E-state index contributed by atoms with van der Waals surface area (Å²) in [6.45, 7) is 0.497. The fraction of sp³-hybridized carbons (Fsp3) is 0.211. The van der Waals surface area contributed by atoms with Gasteiger partial charge in [0, 0.05) is 30.7 Å². The molecule has 0 atom stereocenters. The van der Waals surface area contributed by atoms with Crippen LogP contribution in [0.15, 0.2) is 54.7 Å². The second-order valence-electron chi connectivity index (χ2n) is 5.55. The van der Waals surface area contributed by atoms with Gasteiger partial charge in [0.25, 0.3) is 5.91 Å². The summed E-state index contributed by atoms with van der Waals surface area (Å²) >= 11 is 0. The predicted molar refractivity (Wildman–Crippen MR) is 93.3 cm³/mol. The van der Waals surface area contributed by atoms with Crippen LogP contribution in [0.3, 0.4) is 0 Å². The van der Waals surface area contributed by atoms with Gasteiger partial charge in [-0.2, -0.15) is 0 Å². The number of rotatable bonds is 6. The molecule has 3 rings (SSSR count). The molecule has 0 aliphatic rings. The molecule has 24 heavy (non-hydrogen) atoms. The first kappa shape index (κ1) is 15.9. The van der Waals surface area contributed by atoms with Crippen molar-refractivity contribution in [2.24, 2.45) is 0 Å². The summed E-state index contributed by atoms with van der Waals surface area (Å²) in [5.41, 5.74) is 2.15. The van der Waals surface area contributed by atoms with Crippen LogP contribution in [0.2, 0.25) is 0 Å². The van der Waals surface area contributed by atoms with Gasteiger partial charge in [0.1, 0.15) is 0 Å². The molecule has 5 nitrogen and oxygen atoms in total. The van der Waals surface area contributed by atoms with E-state index in [0.29, 0.717) is 18.0 Å². The molecular formula is C19H20N2O3. The molecule has 0 bridgehead atoms. The van der Waals surface area contributed by atoms with Gasteiger partial charge in [-0.1, -0.05) is 30.3 Å². The molecule has 0 saturated carbocycles. The minimum Gasteiger partial charge on any atom is -0.493 e. The molecule has 2 aromatic carbocycles. The Labute approximate surface area is 140 Å². The Bertz CT molecular complexity index is 841. The Morgan fingerprint density at radius 1 is 1.08 bits per heavy atom. The summed E-state index contributed by atoms with van der Waals surface area (Å²) in [5.74, 6) is 1.09. The quantitative estimate of drug-likeness (QED) is 0.757. The van der Waals surface area contributed by atoms with Crippen molar-refractivity contribution >= 4 is 16.8 Å². The number of ether oxygens (including phenoxy) is 2. The maximum Gasteiger partial charge on any atom is 0.260 e. The molecule has 0 saturated heterocycles. The van der Waals surface area contributed by atoms with E-state index in [4.69, 9.17) is 9.47 Å². The molecular weight excluding hydrogens is 304 g/mol. The number of hydrogen-bond donors (Lipinski definition) is 1. The molecule has 124 valence electrons. The number of methoxy groups -OCH3 is 1. The molecule has 1 N–H and O–H groups in total. The predicted octanol–water partition coefficient (Wildman–Crippen LogP) is 3.21. The van der Waals surface area contributed by atoms with Gasteiger partial charge in [-0.3, -0.25) is 4.79 Å². The largest absolute Gasteiger partial charge is 0.493 e. The third kappa shape index (κ3) is 3.35. The number of H-pyrrole nitrogens is 1. The number of nitrogens with zero attached hydrogens (tertiary/aromatic N) is 1. The fourth-order valence-electron chi connectivity index (χ4n) is 2.59. The minimum atomic E-state index is -0.0915. The van der Waals surface area contributed by atoms with E-state index in [2.05, 4.69) is 4.98 Å². The molecule has 0 aliphatic carbocycles. The lowest BCUT2D eigenvalue weighted by Gasteiger charge is -2.17. The van der Waals surface area contributed by atoms with Crippen molar-refractivity contribution in [2.45, 2.75) is 6.54 Å². The van der Waals surface area contributed by atoms with E-state index in [-0.39, 0.29) is 12.5 Å². The van der Waals surface area contributed by atoms with E-state index < -0.39 is 0 Å². The number of amides is 1. The first-order valence-electron chi connectivity index (χ1n) is 7.74. The van der Waals surface area contributed by atoms with Gasteiger partial charge < -0.3 is 19.4 Å². The third-order valence-electron chi connectivity index (χ3n) is 3.93. The van der Waals surface area contributed by atoms with Gasteiger partial charge in [0.15, 0.2) is 18.1 Å². The van der Waals surface area contributed by atoms with E-state index >= 15 is 0 Å². The number of aromatic nitrogens is 1. The van der Waals surface area contributed by atoms with Crippen LogP contribution < -0.4 is 9.47 Å². The van der Waals surface area contributed by atoms with Crippen LogP contribution in [0, 0.1) is 0 Å². The zero-order valence-corrected chi connectivity index (χ0v) is 13.8. The molecule has 1 aromatic heterocycles. The highest BCUT2D eigenvalue weighted by atomic mass is 16.5. The van der Waals surface area contributed by atoms with E-state index in [1.165, 1.54) is 0 Å². The standard InChI is InChI=1S/C19H20N2O3/c1-21(12-14-11-20-16-8-4-3-7-15(14)16)19(22)13-24-18-10-6-5-9-17(18)23-2/h3-11,20H,12-13H2,1-2H3. The van der Waals surface area contributed by atoms with Crippen molar-refractivity contribution in [1.29, 1.82) is 0 Å². The number of benzene rings is 2. The second kappa shape index (κ2) is 7.08. The number of carbonyl (C=O) groups excluding carboxylic acids is 1. The molecule has 3 aromatic rings. The van der Waals surface area contributed by atoms with Crippen molar-refractivity contribution < 1.29 is 14.3 Å². The van der Waals surface area contributed by atoms with Gasteiger partial charge in [0.05, 0.1) is 7.11 Å². The number of aromatic amines is 1.